The first kappa shape index (κ1) is 16.7. The molecule has 0 radical (unpaired) electrons. The summed E-state index contributed by atoms with van der Waals surface area (Å²) in [6.07, 6.45) is 6.61. The van der Waals surface area contributed by atoms with E-state index in [2.05, 4.69) is 10.4 Å². The number of nitrogens with zero attached hydrogens (tertiary/aromatic N) is 2. The van der Waals surface area contributed by atoms with Crippen molar-refractivity contribution in [2.24, 2.45) is 0 Å². The van der Waals surface area contributed by atoms with Gasteiger partial charge in [0.2, 0.25) is 0 Å². The summed E-state index contributed by atoms with van der Waals surface area (Å²) in [5.74, 6) is -1.30. The number of hydrogen-bond donors (Lipinski definition) is 2. The van der Waals surface area contributed by atoms with Crippen molar-refractivity contribution < 1.29 is 14.7 Å². The van der Waals surface area contributed by atoms with Crippen molar-refractivity contribution >= 4 is 28.2 Å². The quantitative estimate of drug-likeness (QED) is 0.859. The summed E-state index contributed by atoms with van der Waals surface area (Å²) < 4.78 is 1.78. The highest BCUT2D eigenvalue weighted by atomic mass is 32.1. The lowest BCUT2D eigenvalue weighted by Crippen LogP contribution is -2.20. The highest BCUT2D eigenvalue weighted by molar-refractivity contribution is 7.16. The number of hydrogen-bond acceptors (Lipinski definition) is 4. The molecule has 7 heteroatoms. The van der Waals surface area contributed by atoms with Gasteiger partial charge in [0.15, 0.2) is 0 Å². The minimum atomic E-state index is -1.00. The number of aromatic nitrogens is 2. The smallest absolute Gasteiger partial charge is 0.339 e. The van der Waals surface area contributed by atoms with Gasteiger partial charge in [0.25, 0.3) is 5.91 Å². The number of carbonyl (C=O) groups is 2. The molecular formula is C17H21N3O3S. The van der Waals surface area contributed by atoms with Crippen molar-refractivity contribution in [2.75, 3.05) is 5.32 Å². The molecule has 1 aliphatic carbocycles. The molecule has 2 N–H and O–H groups in total. The summed E-state index contributed by atoms with van der Waals surface area (Å²) in [6.45, 7) is 3.80. The Kier molecular flexibility index (Phi) is 4.71. The van der Waals surface area contributed by atoms with Crippen molar-refractivity contribution in [2.45, 2.75) is 52.0 Å². The van der Waals surface area contributed by atoms with E-state index in [9.17, 15) is 14.7 Å². The molecular weight excluding hydrogens is 326 g/mol. The molecule has 2 aromatic rings. The molecule has 6 nitrogen and oxygen atoms in total. The van der Waals surface area contributed by atoms with Crippen LogP contribution in [0.2, 0.25) is 0 Å². The molecule has 1 amide bonds. The zero-order chi connectivity index (χ0) is 17.3. The number of thiophene rings is 1. The minimum Gasteiger partial charge on any atom is -0.478 e. The molecule has 1 saturated carbocycles. The summed E-state index contributed by atoms with van der Waals surface area (Å²) in [5, 5.41) is 17.0. The van der Waals surface area contributed by atoms with Crippen molar-refractivity contribution in [3.63, 3.8) is 0 Å². The number of aromatic carboxylic acids is 1. The zero-order valence-corrected chi connectivity index (χ0v) is 14.7. The summed E-state index contributed by atoms with van der Waals surface area (Å²) in [5.41, 5.74) is 1.48. The first-order chi connectivity index (χ1) is 11.5. The third kappa shape index (κ3) is 2.96. The topological polar surface area (TPSA) is 84.2 Å². The number of carboxylic acids is 1. The zero-order valence-electron chi connectivity index (χ0n) is 13.8. The van der Waals surface area contributed by atoms with Crippen LogP contribution in [0.15, 0.2) is 12.3 Å². The predicted molar refractivity (Wildman–Crippen MR) is 93.1 cm³/mol. The van der Waals surface area contributed by atoms with Crippen LogP contribution >= 0.6 is 11.3 Å². The number of aryl methyl sites for hydroxylation is 1. The van der Waals surface area contributed by atoms with Crippen molar-refractivity contribution in [1.82, 2.24) is 9.78 Å². The Morgan fingerprint density at radius 2 is 2.12 bits per heavy atom. The molecule has 0 bridgehead atoms. The van der Waals surface area contributed by atoms with E-state index in [1.165, 1.54) is 11.3 Å². The van der Waals surface area contributed by atoms with E-state index in [1.807, 2.05) is 13.8 Å². The van der Waals surface area contributed by atoms with Gasteiger partial charge in [0.05, 0.1) is 11.6 Å². The molecule has 1 aliphatic rings. The van der Waals surface area contributed by atoms with Crippen molar-refractivity contribution in [1.29, 1.82) is 0 Å². The van der Waals surface area contributed by atoms with Gasteiger partial charge in [-0.15, -0.1) is 11.3 Å². The number of carboxylic acid groups (broad SMARTS) is 1. The average Bonchev–Trinajstić information content (AvgIpc) is 3.25. The lowest BCUT2D eigenvalue weighted by Gasteiger charge is -2.13. The lowest BCUT2D eigenvalue weighted by molar-refractivity contribution is 0.0697. The van der Waals surface area contributed by atoms with Crippen molar-refractivity contribution in [3.05, 3.63) is 34.0 Å². The van der Waals surface area contributed by atoms with E-state index in [4.69, 9.17) is 0 Å². The van der Waals surface area contributed by atoms with Crippen LogP contribution in [0.5, 0.6) is 0 Å². The van der Waals surface area contributed by atoms with Crippen LogP contribution in [0.25, 0.3) is 0 Å². The Morgan fingerprint density at radius 1 is 1.42 bits per heavy atom. The van der Waals surface area contributed by atoms with Gasteiger partial charge in [-0.25, -0.2) is 4.79 Å². The van der Waals surface area contributed by atoms with E-state index < -0.39 is 5.97 Å². The van der Waals surface area contributed by atoms with Gasteiger partial charge in [-0.3, -0.25) is 9.48 Å². The maximum atomic E-state index is 12.7. The van der Waals surface area contributed by atoms with E-state index in [1.54, 1.807) is 16.9 Å². The Hall–Kier alpha value is -2.15. The summed E-state index contributed by atoms with van der Waals surface area (Å²) in [6, 6.07) is 1.95. The van der Waals surface area contributed by atoms with Gasteiger partial charge in [-0.05, 0) is 37.8 Å². The molecule has 0 aliphatic heterocycles. The second kappa shape index (κ2) is 6.76. The minimum absolute atomic E-state index is 0.209. The number of nitrogens with one attached hydrogen (secondary N) is 1. The van der Waals surface area contributed by atoms with Gasteiger partial charge in [-0.1, -0.05) is 19.8 Å². The summed E-state index contributed by atoms with van der Waals surface area (Å²) in [7, 11) is 0. The Morgan fingerprint density at radius 3 is 2.75 bits per heavy atom. The normalized spacial score (nSPS) is 14.9. The fourth-order valence-corrected chi connectivity index (χ4v) is 4.55. The molecule has 128 valence electrons. The van der Waals surface area contributed by atoms with E-state index in [-0.39, 0.29) is 17.5 Å². The monoisotopic (exact) mass is 347 g/mol. The summed E-state index contributed by atoms with van der Waals surface area (Å²) >= 11 is 1.32. The van der Waals surface area contributed by atoms with Gasteiger partial charge >= 0.3 is 5.97 Å². The molecule has 1 fully saturated rings. The Labute approximate surface area is 144 Å². The highest BCUT2D eigenvalue weighted by Gasteiger charge is 2.25. The fourth-order valence-electron chi connectivity index (χ4n) is 3.42. The van der Waals surface area contributed by atoms with Gasteiger partial charge in [0.1, 0.15) is 10.7 Å². The largest absolute Gasteiger partial charge is 0.478 e. The maximum Gasteiger partial charge on any atom is 0.339 e. The van der Waals surface area contributed by atoms with E-state index in [0.29, 0.717) is 17.1 Å². The molecule has 2 heterocycles. The van der Waals surface area contributed by atoms with Crippen LogP contribution in [-0.4, -0.2) is 26.8 Å². The predicted octanol–water partition coefficient (Wildman–Crippen LogP) is 3.88. The first-order valence-electron chi connectivity index (χ1n) is 8.23. The SMILES string of the molecule is CCc1c(C)sc(NC(=O)c2ccnn2C2CCCC2)c1C(=O)O. The van der Waals surface area contributed by atoms with Crippen LogP contribution in [0.3, 0.4) is 0 Å². The van der Waals surface area contributed by atoms with Crippen LogP contribution in [0.1, 0.15) is 69.9 Å². The van der Waals surface area contributed by atoms with Crippen LogP contribution in [0.4, 0.5) is 5.00 Å². The fraction of sp³-hybridized carbons (Fsp3) is 0.471. The lowest BCUT2D eigenvalue weighted by atomic mass is 10.1. The second-order valence-electron chi connectivity index (χ2n) is 6.05. The Bertz CT molecular complexity index is 772. The highest BCUT2D eigenvalue weighted by Crippen LogP contribution is 2.34. The number of anilines is 1. The molecule has 0 atom stereocenters. The molecule has 24 heavy (non-hydrogen) atoms. The van der Waals surface area contributed by atoms with Gasteiger partial charge in [-0.2, -0.15) is 5.10 Å². The standard InChI is InChI=1S/C17H21N3O3S/c1-3-12-10(2)24-16(14(12)17(22)23)19-15(21)13-8-9-18-20(13)11-6-4-5-7-11/h8-9,11H,3-7H2,1-2H3,(H,19,21)(H,22,23). The van der Waals surface area contributed by atoms with E-state index in [0.717, 1.165) is 36.1 Å². The summed E-state index contributed by atoms with van der Waals surface area (Å²) in [4.78, 5) is 25.2. The molecule has 0 unspecified atom stereocenters. The van der Waals surface area contributed by atoms with E-state index >= 15 is 0 Å². The van der Waals surface area contributed by atoms with Gasteiger partial charge in [0, 0.05) is 11.1 Å². The molecule has 2 aromatic heterocycles. The van der Waals surface area contributed by atoms with Crippen LogP contribution in [-0.2, 0) is 6.42 Å². The van der Waals surface area contributed by atoms with Crippen molar-refractivity contribution in [3.8, 4) is 0 Å². The van der Waals surface area contributed by atoms with Crippen LogP contribution < -0.4 is 5.32 Å². The number of rotatable bonds is 5. The first-order valence-corrected chi connectivity index (χ1v) is 9.05. The number of carbonyl (C=O) groups excluding carboxylic acids is 1. The molecule has 0 saturated heterocycles. The number of amides is 1. The average molecular weight is 347 g/mol. The Balaban J connectivity index is 1.89. The molecule has 3 rings (SSSR count). The van der Waals surface area contributed by atoms with Crippen LogP contribution in [0, 0.1) is 6.92 Å². The third-order valence-corrected chi connectivity index (χ3v) is 5.64. The third-order valence-electron chi connectivity index (χ3n) is 4.58. The molecule has 0 spiro atoms. The second-order valence-corrected chi connectivity index (χ2v) is 7.28. The van der Waals surface area contributed by atoms with Gasteiger partial charge < -0.3 is 10.4 Å². The maximum absolute atomic E-state index is 12.7. The molecule has 0 aromatic carbocycles.